The van der Waals surface area contributed by atoms with Crippen molar-refractivity contribution in [2.24, 2.45) is 5.92 Å². The van der Waals surface area contributed by atoms with Gasteiger partial charge in [0, 0.05) is 16.4 Å². The van der Waals surface area contributed by atoms with Gasteiger partial charge < -0.3 is 20.1 Å². The van der Waals surface area contributed by atoms with Gasteiger partial charge in [0.1, 0.15) is 5.00 Å². The van der Waals surface area contributed by atoms with Crippen molar-refractivity contribution >= 4 is 22.2 Å². The summed E-state index contributed by atoms with van der Waals surface area (Å²) in [5, 5.41) is 26.3. The predicted octanol–water partition coefficient (Wildman–Crippen LogP) is 4.07. The highest BCUT2D eigenvalue weighted by Gasteiger charge is 2.43. The highest BCUT2D eigenvalue weighted by molar-refractivity contribution is 7.17. The molecule has 0 saturated heterocycles. The Hall–Kier alpha value is -2.24. The van der Waals surface area contributed by atoms with Gasteiger partial charge in [-0.1, -0.05) is 5.16 Å². The standard InChI is InChI=1S/C21H22F3N3O4S/c22-21(23,24)10-6-7-13-14(8-10)32-19(15(13)18-25-16(27-31-18)9-4-5-9)26-17(28)11-2-1-3-12(11)20(29)30/h9-10,20,29-30H,1-8H2,(H,26,28). The average molecular weight is 469 g/mol. The summed E-state index contributed by atoms with van der Waals surface area (Å²) in [5.74, 6) is -0.895. The summed E-state index contributed by atoms with van der Waals surface area (Å²) >= 11 is 1.10. The molecule has 0 bridgehead atoms. The number of amides is 1. The number of aromatic nitrogens is 2. The first-order valence-electron chi connectivity index (χ1n) is 10.7. The number of carbonyl (C=O) groups is 1. The quantitative estimate of drug-likeness (QED) is 0.570. The molecule has 3 aliphatic rings. The van der Waals surface area contributed by atoms with E-state index in [1.165, 1.54) is 0 Å². The Morgan fingerprint density at radius 1 is 1.19 bits per heavy atom. The number of fused-ring (bicyclic) bond motifs is 1. The zero-order valence-corrected chi connectivity index (χ0v) is 17.9. The Morgan fingerprint density at radius 3 is 2.66 bits per heavy atom. The van der Waals surface area contributed by atoms with E-state index in [-0.39, 0.29) is 36.6 Å². The summed E-state index contributed by atoms with van der Waals surface area (Å²) in [7, 11) is 0. The summed E-state index contributed by atoms with van der Waals surface area (Å²) in [4.78, 5) is 18.0. The molecule has 2 aromatic heterocycles. The van der Waals surface area contributed by atoms with E-state index in [4.69, 9.17) is 4.52 Å². The van der Waals surface area contributed by atoms with Gasteiger partial charge in [-0.3, -0.25) is 4.79 Å². The number of carbonyl (C=O) groups excluding carboxylic acids is 1. The largest absolute Gasteiger partial charge is 0.392 e. The molecular weight excluding hydrogens is 447 g/mol. The highest BCUT2D eigenvalue weighted by atomic mass is 32.1. The molecule has 3 N–H and O–H groups in total. The van der Waals surface area contributed by atoms with Crippen LogP contribution < -0.4 is 5.32 Å². The lowest BCUT2D eigenvalue weighted by Gasteiger charge is -2.24. The van der Waals surface area contributed by atoms with Crippen molar-refractivity contribution in [3.05, 3.63) is 27.4 Å². The molecule has 5 rings (SSSR count). The minimum absolute atomic E-state index is 0.0384. The fourth-order valence-electron chi connectivity index (χ4n) is 4.51. The number of alkyl halides is 3. The van der Waals surface area contributed by atoms with Gasteiger partial charge in [-0.2, -0.15) is 18.2 Å². The van der Waals surface area contributed by atoms with Crippen LogP contribution in [0.4, 0.5) is 18.2 Å². The number of aliphatic hydroxyl groups is 2. The molecule has 0 aliphatic heterocycles. The molecule has 3 aliphatic carbocycles. The Kier molecular flexibility index (Phi) is 5.37. The van der Waals surface area contributed by atoms with Crippen LogP contribution in [0, 0.1) is 5.92 Å². The van der Waals surface area contributed by atoms with Crippen LogP contribution in [-0.2, 0) is 17.6 Å². The van der Waals surface area contributed by atoms with Gasteiger partial charge in [-0.05, 0) is 62.5 Å². The molecule has 1 amide bonds. The number of halogens is 3. The van der Waals surface area contributed by atoms with Crippen molar-refractivity contribution < 1.29 is 32.7 Å². The van der Waals surface area contributed by atoms with Crippen LogP contribution in [-0.4, -0.2) is 38.7 Å². The Labute approximate surface area is 185 Å². The fourth-order valence-corrected chi connectivity index (χ4v) is 5.83. The first kappa shape index (κ1) is 21.6. The Balaban J connectivity index is 1.52. The van der Waals surface area contributed by atoms with E-state index in [0.717, 1.165) is 24.2 Å². The number of thiophene rings is 1. The van der Waals surface area contributed by atoms with E-state index >= 15 is 0 Å². The van der Waals surface area contributed by atoms with Crippen molar-refractivity contribution in [3.63, 3.8) is 0 Å². The molecule has 2 heterocycles. The normalized spacial score (nSPS) is 21.4. The van der Waals surface area contributed by atoms with Crippen LogP contribution in [0.15, 0.2) is 15.7 Å². The predicted molar refractivity (Wildman–Crippen MR) is 109 cm³/mol. The lowest BCUT2D eigenvalue weighted by molar-refractivity contribution is -0.176. The van der Waals surface area contributed by atoms with Crippen molar-refractivity contribution in [2.75, 3.05) is 5.32 Å². The maximum absolute atomic E-state index is 13.3. The van der Waals surface area contributed by atoms with E-state index < -0.39 is 24.3 Å². The van der Waals surface area contributed by atoms with E-state index in [2.05, 4.69) is 15.5 Å². The lowest BCUT2D eigenvalue weighted by atomic mass is 9.86. The molecule has 172 valence electrons. The first-order valence-corrected chi connectivity index (χ1v) is 11.5. The van der Waals surface area contributed by atoms with Gasteiger partial charge in [0.25, 0.3) is 11.8 Å². The number of nitrogens with one attached hydrogen (secondary N) is 1. The lowest BCUT2D eigenvalue weighted by Crippen LogP contribution is -2.28. The molecule has 1 unspecified atom stereocenters. The SMILES string of the molecule is O=C(Nc1sc2c(c1-c1nc(C3CC3)no1)CCC(C(F)(F)F)C2)C1=C(C(O)O)CCC1. The van der Waals surface area contributed by atoms with Gasteiger partial charge in [-0.25, -0.2) is 0 Å². The minimum Gasteiger partial charge on any atom is -0.365 e. The smallest absolute Gasteiger partial charge is 0.365 e. The summed E-state index contributed by atoms with van der Waals surface area (Å²) in [5.41, 5.74) is 1.77. The number of hydrogen-bond acceptors (Lipinski definition) is 7. The Bertz CT molecular complexity index is 1080. The third kappa shape index (κ3) is 3.97. The van der Waals surface area contributed by atoms with Crippen LogP contribution in [0.1, 0.15) is 60.7 Å². The third-order valence-electron chi connectivity index (χ3n) is 6.40. The molecule has 1 atom stereocenters. The second-order valence-electron chi connectivity index (χ2n) is 8.61. The molecule has 7 nitrogen and oxygen atoms in total. The second-order valence-corrected chi connectivity index (χ2v) is 9.71. The molecule has 2 aromatic rings. The van der Waals surface area contributed by atoms with Crippen LogP contribution >= 0.6 is 11.3 Å². The molecule has 32 heavy (non-hydrogen) atoms. The van der Waals surface area contributed by atoms with Crippen LogP contribution in [0.25, 0.3) is 11.5 Å². The van der Waals surface area contributed by atoms with Crippen LogP contribution in [0.3, 0.4) is 0 Å². The van der Waals surface area contributed by atoms with Crippen molar-refractivity contribution in [1.82, 2.24) is 10.1 Å². The number of hydrogen-bond donors (Lipinski definition) is 3. The molecule has 11 heteroatoms. The monoisotopic (exact) mass is 469 g/mol. The van der Waals surface area contributed by atoms with Crippen molar-refractivity contribution in [1.29, 1.82) is 0 Å². The summed E-state index contributed by atoms with van der Waals surface area (Å²) in [6, 6.07) is 0. The van der Waals surface area contributed by atoms with Gasteiger partial charge >= 0.3 is 6.18 Å². The molecule has 0 radical (unpaired) electrons. The zero-order valence-electron chi connectivity index (χ0n) is 17.0. The summed E-state index contributed by atoms with van der Waals surface area (Å²) < 4.78 is 45.5. The zero-order chi connectivity index (χ0) is 22.6. The maximum atomic E-state index is 13.3. The van der Waals surface area contributed by atoms with Gasteiger partial charge in [0.2, 0.25) is 0 Å². The van der Waals surface area contributed by atoms with Crippen LogP contribution in [0.2, 0.25) is 0 Å². The van der Waals surface area contributed by atoms with Crippen molar-refractivity contribution in [2.45, 2.75) is 69.8 Å². The Morgan fingerprint density at radius 2 is 1.97 bits per heavy atom. The number of rotatable bonds is 5. The highest BCUT2D eigenvalue weighted by Crippen LogP contribution is 2.48. The van der Waals surface area contributed by atoms with Gasteiger partial charge in [0.05, 0.1) is 11.5 Å². The number of aliphatic hydroxyl groups excluding tert-OH is 1. The van der Waals surface area contributed by atoms with E-state index in [0.29, 0.717) is 51.7 Å². The first-order chi connectivity index (χ1) is 15.2. The van der Waals surface area contributed by atoms with E-state index in [1.54, 1.807) is 0 Å². The maximum Gasteiger partial charge on any atom is 0.392 e. The average Bonchev–Trinajstić information content (AvgIpc) is 3.15. The van der Waals surface area contributed by atoms with E-state index in [9.17, 15) is 28.2 Å². The molecule has 0 spiro atoms. The third-order valence-corrected chi connectivity index (χ3v) is 7.57. The molecule has 1 saturated carbocycles. The number of nitrogens with zero attached hydrogens (tertiary/aromatic N) is 2. The van der Waals surface area contributed by atoms with Gasteiger partial charge in [0.15, 0.2) is 12.1 Å². The fraction of sp³-hybridized carbons (Fsp3) is 0.571. The molecule has 0 aromatic carbocycles. The second kappa shape index (κ2) is 7.96. The van der Waals surface area contributed by atoms with E-state index in [1.807, 2.05) is 0 Å². The number of anilines is 1. The van der Waals surface area contributed by atoms with Gasteiger partial charge in [-0.15, -0.1) is 11.3 Å². The molecular formula is C21H22F3N3O4S. The topological polar surface area (TPSA) is 108 Å². The minimum atomic E-state index is -4.28. The summed E-state index contributed by atoms with van der Waals surface area (Å²) in [6.45, 7) is 0. The summed E-state index contributed by atoms with van der Waals surface area (Å²) in [6.07, 6.45) is -2.60. The van der Waals surface area contributed by atoms with Crippen molar-refractivity contribution in [3.8, 4) is 11.5 Å². The molecule has 1 fully saturated rings. The van der Waals surface area contributed by atoms with Crippen LogP contribution in [0.5, 0.6) is 0 Å².